The lowest BCUT2D eigenvalue weighted by Crippen LogP contribution is -2.24. The van der Waals surface area contributed by atoms with E-state index in [1.807, 2.05) is 43.3 Å². The summed E-state index contributed by atoms with van der Waals surface area (Å²) in [5.74, 6) is 2.11. The minimum absolute atomic E-state index is 0.0863. The molecule has 0 fully saturated rings. The standard InChI is InChI=1S/C21H25NO4/c1-5-26-18-10-6-16(7-11-18)15-22(2)21(23)13-9-17-8-12-19(24-3)14-20(17)25-4/h6-14H,5,15H2,1-4H3/b13-9+. The number of hydrogen-bond acceptors (Lipinski definition) is 4. The zero-order valence-corrected chi connectivity index (χ0v) is 15.7. The van der Waals surface area contributed by atoms with Gasteiger partial charge in [-0.1, -0.05) is 12.1 Å². The number of carbonyl (C=O) groups is 1. The summed E-state index contributed by atoms with van der Waals surface area (Å²) >= 11 is 0. The third-order valence-electron chi connectivity index (χ3n) is 3.88. The van der Waals surface area contributed by atoms with Crippen LogP contribution in [0.2, 0.25) is 0 Å². The molecule has 0 aromatic heterocycles. The second-order valence-electron chi connectivity index (χ2n) is 5.71. The van der Waals surface area contributed by atoms with Gasteiger partial charge in [0.25, 0.3) is 0 Å². The first-order valence-electron chi connectivity index (χ1n) is 8.44. The maximum absolute atomic E-state index is 12.4. The average molecular weight is 355 g/mol. The maximum Gasteiger partial charge on any atom is 0.246 e. The van der Waals surface area contributed by atoms with E-state index >= 15 is 0 Å². The van der Waals surface area contributed by atoms with Gasteiger partial charge in [0.2, 0.25) is 5.91 Å². The molecule has 0 aliphatic heterocycles. The summed E-state index contributed by atoms with van der Waals surface area (Å²) in [5.41, 5.74) is 1.86. The molecular weight excluding hydrogens is 330 g/mol. The van der Waals surface area contributed by atoms with Gasteiger partial charge in [0.1, 0.15) is 17.2 Å². The number of methoxy groups -OCH3 is 2. The maximum atomic E-state index is 12.4. The predicted octanol–water partition coefficient (Wildman–Crippen LogP) is 3.77. The lowest BCUT2D eigenvalue weighted by Gasteiger charge is -2.15. The van der Waals surface area contributed by atoms with E-state index in [-0.39, 0.29) is 5.91 Å². The lowest BCUT2D eigenvalue weighted by molar-refractivity contribution is -0.125. The first-order chi connectivity index (χ1) is 12.6. The Labute approximate surface area is 154 Å². The highest BCUT2D eigenvalue weighted by atomic mass is 16.5. The largest absolute Gasteiger partial charge is 0.497 e. The molecule has 0 aliphatic carbocycles. The fourth-order valence-electron chi connectivity index (χ4n) is 2.45. The summed E-state index contributed by atoms with van der Waals surface area (Å²) in [6.07, 6.45) is 3.29. The normalized spacial score (nSPS) is 10.6. The molecular formula is C21H25NO4. The summed E-state index contributed by atoms with van der Waals surface area (Å²) in [5, 5.41) is 0. The summed E-state index contributed by atoms with van der Waals surface area (Å²) in [7, 11) is 4.96. The third kappa shape index (κ3) is 5.28. The van der Waals surface area contributed by atoms with Gasteiger partial charge in [0, 0.05) is 31.3 Å². The molecule has 0 radical (unpaired) electrons. The molecule has 5 heteroatoms. The van der Waals surface area contributed by atoms with E-state index in [0.29, 0.717) is 24.7 Å². The molecule has 0 bridgehead atoms. The monoisotopic (exact) mass is 355 g/mol. The quantitative estimate of drug-likeness (QED) is 0.676. The van der Waals surface area contributed by atoms with E-state index in [2.05, 4.69) is 0 Å². The Hall–Kier alpha value is -2.95. The van der Waals surface area contributed by atoms with Gasteiger partial charge in [-0.05, 0) is 42.8 Å². The molecule has 0 heterocycles. The van der Waals surface area contributed by atoms with E-state index in [9.17, 15) is 4.79 Å². The van der Waals surface area contributed by atoms with E-state index in [4.69, 9.17) is 14.2 Å². The zero-order valence-electron chi connectivity index (χ0n) is 15.7. The average Bonchev–Trinajstić information content (AvgIpc) is 2.67. The zero-order chi connectivity index (χ0) is 18.9. The number of nitrogens with zero attached hydrogens (tertiary/aromatic N) is 1. The van der Waals surface area contributed by atoms with Crippen molar-refractivity contribution < 1.29 is 19.0 Å². The van der Waals surface area contributed by atoms with Crippen molar-refractivity contribution in [1.82, 2.24) is 4.90 Å². The number of hydrogen-bond donors (Lipinski definition) is 0. The Bertz CT molecular complexity index is 753. The highest BCUT2D eigenvalue weighted by Crippen LogP contribution is 2.25. The van der Waals surface area contributed by atoms with Crippen molar-refractivity contribution >= 4 is 12.0 Å². The van der Waals surface area contributed by atoms with Crippen LogP contribution in [0.15, 0.2) is 48.5 Å². The molecule has 0 N–H and O–H groups in total. The van der Waals surface area contributed by atoms with Crippen LogP contribution in [0, 0.1) is 0 Å². The lowest BCUT2D eigenvalue weighted by atomic mass is 10.1. The van der Waals surface area contributed by atoms with Crippen LogP contribution < -0.4 is 14.2 Å². The van der Waals surface area contributed by atoms with Gasteiger partial charge in [-0.3, -0.25) is 4.79 Å². The van der Waals surface area contributed by atoms with Gasteiger partial charge in [-0.2, -0.15) is 0 Å². The van der Waals surface area contributed by atoms with E-state index in [1.54, 1.807) is 44.4 Å². The number of rotatable bonds is 8. The molecule has 0 aliphatic rings. The van der Waals surface area contributed by atoms with Gasteiger partial charge in [0.15, 0.2) is 0 Å². The van der Waals surface area contributed by atoms with E-state index in [0.717, 1.165) is 16.9 Å². The van der Waals surface area contributed by atoms with Crippen LogP contribution >= 0.6 is 0 Å². The molecule has 2 aromatic carbocycles. The molecule has 1 amide bonds. The third-order valence-corrected chi connectivity index (χ3v) is 3.88. The van der Waals surface area contributed by atoms with Crippen molar-refractivity contribution in [1.29, 1.82) is 0 Å². The van der Waals surface area contributed by atoms with Crippen molar-refractivity contribution in [2.75, 3.05) is 27.9 Å². The van der Waals surface area contributed by atoms with Gasteiger partial charge in [-0.15, -0.1) is 0 Å². The summed E-state index contributed by atoms with van der Waals surface area (Å²) in [4.78, 5) is 14.0. The SMILES string of the molecule is CCOc1ccc(CN(C)C(=O)/C=C/c2ccc(OC)cc2OC)cc1. The number of carbonyl (C=O) groups excluding carboxylic acids is 1. The Morgan fingerprint density at radius 2 is 1.73 bits per heavy atom. The topological polar surface area (TPSA) is 48.0 Å². The molecule has 2 aromatic rings. The van der Waals surface area contributed by atoms with Crippen molar-refractivity contribution in [2.24, 2.45) is 0 Å². The number of benzene rings is 2. The van der Waals surface area contributed by atoms with Crippen LogP contribution in [0.5, 0.6) is 17.2 Å². The van der Waals surface area contributed by atoms with Crippen LogP contribution in [0.4, 0.5) is 0 Å². The smallest absolute Gasteiger partial charge is 0.246 e. The van der Waals surface area contributed by atoms with Gasteiger partial charge in [0.05, 0.1) is 20.8 Å². The number of amides is 1. The molecule has 0 unspecified atom stereocenters. The van der Waals surface area contributed by atoms with Crippen LogP contribution in [0.3, 0.4) is 0 Å². The van der Waals surface area contributed by atoms with Crippen molar-refractivity contribution in [3.05, 3.63) is 59.7 Å². The highest BCUT2D eigenvalue weighted by Gasteiger charge is 2.08. The van der Waals surface area contributed by atoms with Crippen molar-refractivity contribution in [2.45, 2.75) is 13.5 Å². The minimum atomic E-state index is -0.0863. The minimum Gasteiger partial charge on any atom is -0.497 e. The molecule has 0 atom stereocenters. The number of ether oxygens (including phenoxy) is 3. The first-order valence-corrected chi connectivity index (χ1v) is 8.44. The summed E-state index contributed by atoms with van der Waals surface area (Å²) in [6.45, 7) is 3.11. The first kappa shape index (κ1) is 19.4. The van der Waals surface area contributed by atoms with Crippen molar-refractivity contribution in [3.63, 3.8) is 0 Å². The Balaban J connectivity index is 2.01. The molecule has 0 saturated carbocycles. The Morgan fingerprint density at radius 1 is 1.04 bits per heavy atom. The van der Waals surface area contributed by atoms with E-state index < -0.39 is 0 Å². The molecule has 138 valence electrons. The van der Waals surface area contributed by atoms with Gasteiger partial charge >= 0.3 is 0 Å². The Kier molecular flexibility index (Phi) is 7.09. The van der Waals surface area contributed by atoms with Crippen LogP contribution in [0.25, 0.3) is 6.08 Å². The fraction of sp³-hybridized carbons (Fsp3) is 0.286. The second-order valence-corrected chi connectivity index (χ2v) is 5.71. The molecule has 0 spiro atoms. The summed E-state index contributed by atoms with van der Waals surface area (Å²) in [6, 6.07) is 13.2. The van der Waals surface area contributed by atoms with Crippen molar-refractivity contribution in [3.8, 4) is 17.2 Å². The molecule has 26 heavy (non-hydrogen) atoms. The second kappa shape index (κ2) is 9.51. The fourth-order valence-corrected chi connectivity index (χ4v) is 2.45. The summed E-state index contributed by atoms with van der Waals surface area (Å²) < 4.78 is 15.9. The molecule has 0 saturated heterocycles. The van der Waals surface area contributed by atoms with Crippen LogP contribution in [0.1, 0.15) is 18.1 Å². The predicted molar refractivity (Wildman–Crippen MR) is 103 cm³/mol. The number of likely N-dealkylation sites (N-methyl/N-ethyl adjacent to an activating group) is 1. The van der Waals surface area contributed by atoms with Crippen LogP contribution in [-0.4, -0.2) is 38.7 Å². The highest BCUT2D eigenvalue weighted by molar-refractivity contribution is 5.92. The molecule has 5 nitrogen and oxygen atoms in total. The van der Waals surface area contributed by atoms with Gasteiger partial charge in [-0.25, -0.2) is 0 Å². The van der Waals surface area contributed by atoms with Gasteiger partial charge < -0.3 is 19.1 Å². The Morgan fingerprint density at radius 3 is 2.35 bits per heavy atom. The van der Waals surface area contributed by atoms with E-state index in [1.165, 1.54) is 0 Å². The van der Waals surface area contributed by atoms with Crippen LogP contribution in [-0.2, 0) is 11.3 Å². The molecule has 2 rings (SSSR count).